The third kappa shape index (κ3) is 2.75. The number of hydrogen-bond acceptors (Lipinski definition) is 2. The molecule has 0 unspecified atom stereocenters. The molecule has 93 valence electrons. The van der Waals surface area contributed by atoms with Gasteiger partial charge in [-0.15, -0.1) is 0 Å². The van der Waals surface area contributed by atoms with Crippen LogP contribution in [0.25, 0.3) is 0 Å². The van der Waals surface area contributed by atoms with Crippen LogP contribution in [0.2, 0.25) is 0 Å². The quantitative estimate of drug-likeness (QED) is 0.573. The molecule has 1 heterocycles. The van der Waals surface area contributed by atoms with Gasteiger partial charge < -0.3 is 9.85 Å². The number of nitrogens with zero attached hydrogens (tertiary/aromatic N) is 1. The normalized spacial score (nSPS) is 20.2. The summed E-state index contributed by atoms with van der Waals surface area (Å²) in [5, 5.41) is 12.3. The van der Waals surface area contributed by atoms with E-state index in [9.17, 15) is 18.4 Å². The molecule has 0 spiro atoms. The molecule has 1 radical (unpaired) electrons. The van der Waals surface area contributed by atoms with Gasteiger partial charge in [-0.3, -0.25) is 0 Å². The van der Waals surface area contributed by atoms with E-state index in [4.69, 9.17) is 0 Å². The second kappa shape index (κ2) is 4.51. The van der Waals surface area contributed by atoms with Gasteiger partial charge in [-0.25, -0.2) is 0 Å². The molecule has 0 atom stereocenters. The number of hydrogen-bond donors (Lipinski definition) is 0. The highest BCUT2D eigenvalue weighted by molar-refractivity contribution is 7.99. The van der Waals surface area contributed by atoms with Crippen LogP contribution in [0.4, 0.5) is 18.9 Å². The molecular weight excluding hydrogens is 251 g/mol. The lowest BCUT2D eigenvalue weighted by Crippen LogP contribution is -2.49. The summed E-state index contributed by atoms with van der Waals surface area (Å²) in [6, 6.07) is 5.53. The first-order valence-corrected chi connectivity index (χ1v) is 6.33. The molecule has 1 aromatic rings. The van der Waals surface area contributed by atoms with E-state index in [0.29, 0.717) is 18.8 Å². The van der Waals surface area contributed by atoms with Crippen LogP contribution in [0.5, 0.6) is 0 Å². The summed E-state index contributed by atoms with van der Waals surface area (Å²) in [6.07, 6.45) is -4.37. The van der Waals surface area contributed by atoms with E-state index < -0.39 is 16.4 Å². The van der Waals surface area contributed by atoms with Crippen molar-refractivity contribution in [2.75, 3.05) is 24.6 Å². The second-order valence-corrected chi connectivity index (χ2v) is 5.13. The second-order valence-electron chi connectivity index (χ2n) is 3.91. The van der Waals surface area contributed by atoms with Gasteiger partial charge in [-0.05, 0) is 12.1 Å². The summed E-state index contributed by atoms with van der Waals surface area (Å²) in [5.74, 6) is 1.47. The highest BCUT2D eigenvalue weighted by Crippen LogP contribution is 2.32. The molecule has 0 N–H and O–H groups in total. The number of quaternary nitrogens is 1. The Kier molecular flexibility index (Phi) is 3.38. The Morgan fingerprint density at radius 1 is 1.24 bits per heavy atom. The largest absolute Gasteiger partial charge is 0.627 e. The van der Waals surface area contributed by atoms with Crippen molar-refractivity contribution in [1.82, 2.24) is 4.65 Å². The number of benzene rings is 1. The predicted molar refractivity (Wildman–Crippen MR) is 62.5 cm³/mol. The molecule has 1 fully saturated rings. The molecule has 1 aromatic carbocycles. The maximum absolute atomic E-state index is 12.4. The van der Waals surface area contributed by atoms with E-state index in [-0.39, 0.29) is 0 Å². The molecule has 0 bridgehead atoms. The maximum atomic E-state index is 12.4. The summed E-state index contributed by atoms with van der Waals surface area (Å²) >= 11 is 1.69. The Balaban J connectivity index is 2.23. The molecule has 1 saturated heterocycles. The summed E-state index contributed by atoms with van der Waals surface area (Å²) in [4.78, 5) is 0. The van der Waals surface area contributed by atoms with Crippen LogP contribution in [0.15, 0.2) is 18.2 Å². The molecule has 0 aromatic heterocycles. The van der Waals surface area contributed by atoms with Crippen molar-refractivity contribution in [1.29, 1.82) is 0 Å². The van der Waals surface area contributed by atoms with Crippen LogP contribution in [0.1, 0.15) is 5.56 Å². The van der Waals surface area contributed by atoms with Gasteiger partial charge in [0.25, 0.3) is 0 Å². The molecule has 0 saturated carbocycles. The van der Waals surface area contributed by atoms with Crippen molar-refractivity contribution in [3.8, 4) is 0 Å². The van der Waals surface area contributed by atoms with Crippen LogP contribution in [0, 0.1) is 11.3 Å². The van der Waals surface area contributed by atoms with E-state index in [1.54, 1.807) is 11.8 Å². The van der Waals surface area contributed by atoms with Gasteiger partial charge in [-0.1, -0.05) is 0 Å². The van der Waals surface area contributed by atoms with Crippen molar-refractivity contribution < 1.29 is 13.2 Å². The first-order valence-electron chi connectivity index (χ1n) is 5.17. The fraction of sp³-hybridized carbons (Fsp3) is 0.455. The van der Waals surface area contributed by atoms with Crippen LogP contribution < -0.4 is 4.65 Å². The van der Waals surface area contributed by atoms with E-state index in [1.165, 1.54) is 6.07 Å². The third-order valence-corrected chi connectivity index (χ3v) is 3.70. The minimum Gasteiger partial charge on any atom is -0.627 e. The lowest BCUT2D eigenvalue weighted by molar-refractivity contribution is -0.137. The van der Waals surface area contributed by atoms with E-state index in [2.05, 4.69) is 6.07 Å². The smallest absolute Gasteiger partial charge is 0.416 e. The first kappa shape index (κ1) is 12.7. The lowest BCUT2D eigenvalue weighted by Gasteiger charge is -2.44. The maximum Gasteiger partial charge on any atom is 0.416 e. The van der Waals surface area contributed by atoms with Crippen molar-refractivity contribution >= 4 is 17.4 Å². The molecule has 6 heteroatoms. The van der Waals surface area contributed by atoms with Crippen LogP contribution in [0.3, 0.4) is 0 Å². The van der Waals surface area contributed by atoms with E-state index in [0.717, 1.165) is 23.6 Å². The highest BCUT2D eigenvalue weighted by Gasteiger charge is 2.31. The van der Waals surface area contributed by atoms with Crippen molar-refractivity contribution in [3.05, 3.63) is 35.0 Å². The molecule has 0 amide bonds. The molecule has 1 aliphatic heterocycles. The molecule has 2 nitrogen and oxygen atoms in total. The molecular formula is C11H11F3NOS. The monoisotopic (exact) mass is 262 g/mol. The number of halogens is 3. The molecule has 17 heavy (non-hydrogen) atoms. The number of alkyl halides is 3. The zero-order valence-electron chi connectivity index (χ0n) is 8.96. The zero-order valence-corrected chi connectivity index (χ0v) is 9.77. The van der Waals surface area contributed by atoms with Gasteiger partial charge in [0.15, 0.2) is 0 Å². The summed E-state index contributed by atoms with van der Waals surface area (Å²) in [5.41, 5.74) is -0.475. The first-order chi connectivity index (χ1) is 7.92. The minimum absolute atomic E-state index is 0.290. The average molecular weight is 262 g/mol. The topological polar surface area (TPSA) is 23.1 Å². The van der Waals surface area contributed by atoms with Gasteiger partial charge in [0.1, 0.15) is 5.69 Å². The van der Waals surface area contributed by atoms with Gasteiger partial charge in [0.05, 0.1) is 18.7 Å². The Morgan fingerprint density at radius 2 is 1.88 bits per heavy atom. The zero-order chi connectivity index (χ0) is 12.5. The van der Waals surface area contributed by atoms with E-state index in [1.807, 2.05) is 0 Å². The average Bonchev–Trinajstić information content (AvgIpc) is 2.29. The van der Waals surface area contributed by atoms with Gasteiger partial charge in [0, 0.05) is 23.6 Å². The standard InChI is InChI=1S/C11H11F3NOS/c12-11(13,14)9-1-3-10(4-2-9)15(16)5-7-17-8-6-15/h1-3H,5-8H2. The van der Waals surface area contributed by atoms with Gasteiger partial charge >= 0.3 is 6.18 Å². The van der Waals surface area contributed by atoms with E-state index >= 15 is 0 Å². The molecule has 0 aliphatic carbocycles. The van der Waals surface area contributed by atoms with Crippen LogP contribution >= 0.6 is 11.8 Å². The van der Waals surface area contributed by atoms with Gasteiger partial charge in [0.2, 0.25) is 0 Å². The number of rotatable bonds is 1. The minimum atomic E-state index is -4.37. The lowest BCUT2D eigenvalue weighted by atomic mass is 10.2. The number of thioether (sulfide) groups is 1. The Bertz CT molecular complexity index is 385. The van der Waals surface area contributed by atoms with Crippen molar-refractivity contribution in [2.24, 2.45) is 0 Å². The number of hydroxylamine groups is 2. The van der Waals surface area contributed by atoms with Crippen molar-refractivity contribution in [2.45, 2.75) is 6.18 Å². The molecule has 1 aliphatic rings. The Labute approximate surface area is 102 Å². The van der Waals surface area contributed by atoms with Gasteiger partial charge in [-0.2, -0.15) is 24.9 Å². The summed E-state index contributed by atoms with van der Waals surface area (Å²) in [7, 11) is 0. The Morgan fingerprint density at radius 3 is 2.35 bits per heavy atom. The van der Waals surface area contributed by atoms with Crippen LogP contribution in [-0.4, -0.2) is 24.6 Å². The summed E-state index contributed by atoms with van der Waals surface area (Å²) < 4.78 is 36.5. The Hall–Kier alpha value is -0.720. The molecule has 2 rings (SSSR count). The predicted octanol–water partition coefficient (Wildman–Crippen LogP) is 3.06. The fourth-order valence-electron chi connectivity index (χ4n) is 1.73. The third-order valence-electron chi connectivity index (χ3n) is 2.76. The SMILES string of the molecule is [O-][N+]1(c2[c]cc(C(F)(F)F)cc2)CCSCC1. The fourth-order valence-corrected chi connectivity index (χ4v) is 2.78. The highest BCUT2D eigenvalue weighted by atomic mass is 32.2. The van der Waals surface area contributed by atoms with Crippen LogP contribution in [-0.2, 0) is 6.18 Å². The van der Waals surface area contributed by atoms with Crippen molar-refractivity contribution in [3.63, 3.8) is 0 Å². The summed E-state index contributed by atoms with van der Waals surface area (Å²) in [6.45, 7) is 0.791.